The number of nitrogens with one attached hydrogen (secondary N) is 2. The van der Waals surface area contributed by atoms with E-state index < -0.39 is 0 Å². The van der Waals surface area contributed by atoms with E-state index >= 15 is 0 Å². The van der Waals surface area contributed by atoms with E-state index in [0.717, 1.165) is 38.8 Å². The van der Waals surface area contributed by atoms with Crippen molar-refractivity contribution >= 4 is 23.2 Å². The van der Waals surface area contributed by atoms with Crippen molar-refractivity contribution in [3.63, 3.8) is 0 Å². The number of rotatable bonds is 5. The Morgan fingerprint density at radius 1 is 0.800 bits per heavy atom. The molecule has 5 heteroatoms. The van der Waals surface area contributed by atoms with E-state index in [4.69, 9.17) is 0 Å². The maximum Gasteiger partial charge on any atom is 0.253 e. The molecule has 1 aliphatic heterocycles. The van der Waals surface area contributed by atoms with E-state index in [1.807, 2.05) is 36.4 Å². The van der Waals surface area contributed by atoms with Gasteiger partial charge in [-0.05, 0) is 49.9 Å². The first kappa shape index (κ1) is 20.5. The number of nitrogens with zero attached hydrogens (tertiary/aromatic N) is 1. The molecular formula is C25H31N3O2. The van der Waals surface area contributed by atoms with E-state index in [2.05, 4.69) is 27.7 Å². The number of carbonyl (C=O) groups excluding carboxylic acids is 2. The van der Waals surface area contributed by atoms with Crippen LogP contribution in [0.3, 0.4) is 0 Å². The van der Waals surface area contributed by atoms with Crippen LogP contribution in [-0.4, -0.2) is 30.9 Å². The lowest BCUT2D eigenvalue weighted by atomic mass is 9.94. The third-order valence-corrected chi connectivity index (χ3v) is 6.36. The molecule has 2 fully saturated rings. The summed E-state index contributed by atoms with van der Waals surface area (Å²) in [6.07, 6.45) is 7.31. The molecule has 0 spiro atoms. The predicted octanol–water partition coefficient (Wildman–Crippen LogP) is 4.60. The molecule has 1 heterocycles. The lowest BCUT2D eigenvalue weighted by Gasteiger charge is -2.33. The quantitative estimate of drug-likeness (QED) is 0.764. The Hall–Kier alpha value is -2.82. The second kappa shape index (κ2) is 9.79. The van der Waals surface area contributed by atoms with Crippen LogP contribution in [0.5, 0.6) is 0 Å². The fraction of sp³-hybridized carbons (Fsp3) is 0.440. The summed E-state index contributed by atoms with van der Waals surface area (Å²) < 4.78 is 0. The van der Waals surface area contributed by atoms with Crippen LogP contribution in [0.2, 0.25) is 0 Å². The first-order valence-electron chi connectivity index (χ1n) is 11.2. The molecule has 1 saturated heterocycles. The standard InChI is InChI=1S/C25H31N3O2/c29-24(19-15-17-28(18-16-19)21-11-5-2-6-12-21)27-23-14-8-7-13-22(23)25(30)26-20-9-3-1-4-10-20/h2,5-8,11-14,19-20H,1,3-4,9-10,15-18H2,(H,26,30)(H,27,29). The van der Waals surface area contributed by atoms with Crippen LogP contribution in [0, 0.1) is 5.92 Å². The number of anilines is 2. The van der Waals surface area contributed by atoms with Crippen LogP contribution < -0.4 is 15.5 Å². The minimum absolute atomic E-state index is 0.0145. The Morgan fingerprint density at radius 3 is 2.20 bits per heavy atom. The maximum atomic E-state index is 12.9. The van der Waals surface area contributed by atoms with Gasteiger partial charge in [0.25, 0.3) is 5.91 Å². The molecule has 2 N–H and O–H groups in total. The average Bonchev–Trinajstić information content (AvgIpc) is 2.81. The van der Waals surface area contributed by atoms with Crippen molar-refractivity contribution in [2.75, 3.05) is 23.3 Å². The molecule has 1 aliphatic carbocycles. The van der Waals surface area contributed by atoms with Gasteiger partial charge in [0.05, 0.1) is 11.3 Å². The summed E-state index contributed by atoms with van der Waals surface area (Å²) in [4.78, 5) is 28.1. The van der Waals surface area contributed by atoms with E-state index in [9.17, 15) is 9.59 Å². The number of benzene rings is 2. The van der Waals surface area contributed by atoms with Gasteiger partial charge < -0.3 is 15.5 Å². The molecule has 2 aromatic rings. The normalized spacial score (nSPS) is 18.1. The molecule has 0 atom stereocenters. The second-order valence-corrected chi connectivity index (χ2v) is 8.44. The summed E-state index contributed by atoms with van der Waals surface area (Å²) in [5.41, 5.74) is 2.38. The number of piperidine rings is 1. The van der Waals surface area contributed by atoms with Crippen LogP contribution in [0.25, 0.3) is 0 Å². The van der Waals surface area contributed by atoms with Crippen LogP contribution in [0.15, 0.2) is 54.6 Å². The summed E-state index contributed by atoms with van der Waals surface area (Å²) in [5, 5.41) is 6.19. The first-order valence-corrected chi connectivity index (χ1v) is 11.2. The number of hydrogen-bond donors (Lipinski definition) is 2. The van der Waals surface area contributed by atoms with Gasteiger partial charge in [0.2, 0.25) is 5.91 Å². The van der Waals surface area contributed by atoms with Crippen molar-refractivity contribution in [2.24, 2.45) is 5.92 Å². The monoisotopic (exact) mass is 405 g/mol. The molecule has 2 aromatic carbocycles. The average molecular weight is 406 g/mol. The predicted molar refractivity (Wildman–Crippen MR) is 121 cm³/mol. The van der Waals surface area contributed by atoms with Gasteiger partial charge in [0, 0.05) is 30.7 Å². The molecule has 0 unspecified atom stereocenters. The SMILES string of the molecule is O=C(NC1CCCCC1)c1ccccc1NC(=O)C1CCN(c2ccccc2)CC1. The molecule has 0 aromatic heterocycles. The highest BCUT2D eigenvalue weighted by Crippen LogP contribution is 2.25. The Kier molecular flexibility index (Phi) is 6.67. The lowest BCUT2D eigenvalue weighted by Crippen LogP contribution is -2.39. The fourth-order valence-electron chi connectivity index (χ4n) is 4.57. The van der Waals surface area contributed by atoms with Gasteiger partial charge in [-0.25, -0.2) is 0 Å². The Labute approximate surface area is 178 Å². The molecular weight excluding hydrogens is 374 g/mol. The summed E-state index contributed by atoms with van der Waals surface area (Å²) in [5.74, 6) is -0.100. The largest absolute Gasteiger partial charge is 0.371 e. The van der Waals surface area contributed by atoms with Gasteiger partial charge in [0.1, 0.15) is 0 Å². The van der Waals surface area contributed by atoms with Gasteiger partial charge in [-0.1, -0.05) is 49.6 Å². The molecule has 2 amide bonds. The molecule has 0 bridgehead atoms. The molecule has 4 rings (SSSR count). The molecule has 1 saturated carbocycles. The lowest BCUT2D eigenvalue weighted by molar-refractivity contribution is -0.120. The van der Waals surface area contributed by atoms with E-state index in [0.29, 0.717) is 11.3 Å². The Morgan fingerprint density at radius 2 is 1.47 bits per heavy atom. The van der Waals surface area contributed by atoms with Crippen molar-refractivity contribution in [3.8, 4) is 0 Å². The highest BCUT2D eigenvalue weighted by Gasteiger charge is 2.26. The zero-order valence-corrected chi connectivity index (χ0v) is 17.5. The van der Waals surface area contributed by atoms with E-state index in [1.54, 1.807) is 6.07 Å². The highest BCUT2D eigenvalue weighted by atomic mass is 16.2. The molecule has 5 nitrogen and oxygen atoms in total. The minimum Gasteiger partial charge on any atom is -0.371 e. The molecule has 30 heavy (non-hydrogen) atoms. The zero-order valence-electron chi connectivity index (χ0n) is 17.5. The van der Waals surface area contributed by atoms with Gasteiger partial charge in [0.15, 0.2) is 0 Å². The summed E-state index contributed by atoms with van der Waals surface area (Å²) in [6, 6.07) is 17.9. The van der Waals surface area contributed by atoms with Gasteiger partial charge in [-0.2, -0.15) is 0 Å². The third-order valence-electron chi connectivity index (χ3n) is 6.36. The van der Waals surface area contributed by atoms with Crippen molar-refractivity contribution in [1.82, 2.24) is 5.32 Å². The number of carbonyl (C=O) groups is 2. The van der Waals surface area contributed by atoms with Gasteiger partial charge in [-0.3, -0.25) is 9.59 Å². The maximum absolute atomic E-state index is 12.9. The highest BCUT2D eigenvalue weighted by molar-refractivity contribution is 6.04. The Bertz CT molecular complexity index is 854. The first-order chi connectivity index (χ1) is 14.7. The smallest absolute Gasteiger partial charge is 0.253 e. The third kappa shape index (κ3) is 5.02. The Balaban J connectivity index is 1.35. The van der Waals surface area contributed by atoms with Crippen molar-refractivity contribution in [1.29, 1.82) is 0 Å². The summed E-state index contributed by atoms with van der Waals surface area (Å²) in [6.45, 7) is 1.73. The van der Waals surface area contributed by atoms with Gasteiger partial charge >= 0.3 is 0 Å². The molecule has 0 radical (unpaired) electrons. The van der Waals surface area contributed by atoms with E-state index in [1.165, 1.54) is 24.9 Å². The van der Waals surface area contributed by atoms with Crippen molar-refractivity contribution in [3.05, 3.63) is 60.2 Å². The number of hydrogen-bond acceptors (Lipinski definition) is 3. The summed E-state index contributed by atoms with van der Waals surface area (Å²) >= 11 is 0. The van der Waals surface area contributed by atoms with Crippen LogP contribution in [0.4, 0.5) is 11.4 Å². The minimum atomic E-state index is -0.0864. The van der Waals surface area contributed by atoms with Gasteiger partial charge in [-0.15, -0.1) is 0 Å². The fourth-order valence-corrected chi connectivity index (χ4v) is 4.57. The topological polar surface area (TPSA) is 61.4 Å². The van der Waals surface area contributed by atoms with Crippen LogP contribution in [-0.2, 0) is 4.79 Å². The zero-order chi connectivity index (χ0) is 20.8. The number of amides is 2. The van der Waals surface area contributed by atoms with Crippen LogP contribution in [0.1, 0.15) is 55.3 Å². The van der Waals surface area contributed by atoms with Crippen LogP contribution >= 0.6 is 0 Å². The summed E-state index contributed by atoms with van der Waals surface area (Å²) in [7, 11) is 0. The van der Waals surface area contributed by atoms with Crippen molar-refractivity contribution < 1.29 is 9.59 Å². The number of para-hydroxylation sites is 2. The second-order valence-electron chi connectivity index (χ2n) is 8.44. The molecule has 158 valence electrons. The molecule has 2 aliphatic rings. The van der Waals surface area contributed by atoms with Crippen molar-refractivity contribution in [2.45, 2.75) is 51.0 Å². The van der Waals surface area contributed by atoms with E-state index in [-0.39, 0.29) is 23.8 Å².